The first-order valence-electron chi connectivity index (χ1n) is 7.70. The molecule has 1 heterocycles. The van der Waals surface area contributed by atoms with Crippen molar-refractivity contribution in [3.8, 4) is 0 Å². The lowest BCUT2D eigenvalue weighted by Gasteiger charge is -2.27. The lowest BCUT2D eigenvalue weighted by atomic mass is 9.98. The highest BCUT2D eigenvalue weighted by Crippen LogP contribution is 2.24. The zero-order valence-electron chi connectivity index (χ0n) is 13.6. The third kappa shape index (κ3) is 5.36. The van der Waals surface area contributed by atoms with Gasteiger partial charge < -0.3 is 14.8 Å². The maximum absolute atomic E-state index is 12.4. The lowest BCUT2D eigenvalue weighted by Crippen LogP contribution is -2.46. The molecule has 1 N–H and O–H groups in total. The second-order valence-corrected chi connectivity index (χ2v) is 6.46. The number of carboxylic acid groups (broad SMARTS) is 1. The summed E-state index contributed by atoms with van der Waals surface area (Å²) in [6.07, 6.45) is 0.401. The number of carboxylic acids is 1. The second kappa shape index (κ2) is 8.86. The van der Waals surface area contributed by atoms with Crippen molar-refractivity contribution in [2.24, 2.45) is 5.92 Å². The summed E-state index contributed by atoms with van der Waals surface area (Å²) < 4.78 is 0. The van der Waals surface area contributed by atoms with E-state index < -0.39 is 40.3 Å². The van der Waals surface area contributed by atoms with Gasteiger partial charge in [-0.1, -0.05) is 6.92 Å². The third-order valence-corrected chi connectivity index (χ3v) is 4.81. The van der Waals surface area contributed by atoms with Crippen LogP contribution < -0.4 is 0 Å². The number of hydrogen-bond donors (Lipinski definition) is 2. The SMILES string of the molecule is CC(CCC(=O)C(S)[C@@H](C)C(=O)N1CCC[C@H]1C(=O)O)O[N+](=O)[O-]. The van der Waals surface area contributed by atoms with Crippen molar-refractivity contribution in [3.63, 3.8) is 0 Å². The predicted octanol–water partition coefficient (Wildman–Crippen LogP) is 0.943. The molecule has 0 aromatic carbocycles. The smallest absolute Gasteiger partial charge is 0.326 e. The van der Waals surface area contributed by atoms with Gasteiger partial charge in [-0.05, 0) is 26.2 Å². The number of carbonyl (C=O) groups excluding carboxylic acids is 2. The molecule has 0 saturated carbocycles. The average molecular weight is 362 g/mol. The summed E-state index contributed by atoms with van der Waals surface area (Å²) in [5, 5.41) is 17.5. The molecule has 1 amide bonds. The van der Waals surface area contributed by atoms with Crippen LogP contribution in [0.4, 0.5) is 0 Å². The van der Waals surface area contributed by atoms with Crippen molar-refractivity contribution < 1.29 is 29.4 Å². The number of nitrogens with zero attached hydrogens (tertiary/aromatic N) is 2. The van der Waals surface area contributed by atoms with Crippen LogP contribution in [0.15, 0.2) is 0 Å². The third-order valence-electron chi connectivity index (χ3n) is 4.08. The molecule has 9 nitrogen and oxygen atoms in total. The molecule has 24 heavy (non-hydrogen) atoms. The molecular formula is C14H22N2O7S. The molecule has 4 atom stereocenters. The van der Waals surface area contributed by atoms with Crippen LogP contribution in [0.25, 0.3) is 0 Å². The Labute approximate surface area is 144 Å². The fraction of sp³-hybridized carbons (Fsp3) is 0.786. The first-order valence-corrected chi connectivity index (χ1v) is 8.22. The number of ketones is 1. The zero-order chi connectivity index (χ0) is 18.4. The summed E-state index contributed by atoms with van der Waals surface area (Å²) in [4.78, 5) is 51.5. The van der Waals surface area contributed by atoms with Gasteiger partial charge in [-0.3, -0.25) is 9.59 Å². The Morgan fingerprint density at radius 2 is 2.04 bits per heavy atom. The zero-order valence-corrected chi connectivity index (χ0v) is 14.5. The van der Waals surface area contributed by atoms with E-state index >= 15 is 0 Å². The summed E-state index contributed by atoms with van der Waals surface area (Å²) in [5.74, 6) is -2.57. The Hall–Kier alpha value is -1.84. The Kier molecular flexibility index (Phi) is 7.46. The van der Waals surface area contributed by atoms with Crippen LogP contribution in [0.2, 0.25) is 0 Å². The number of hydrogen-bond acceptors (Lipinski definition) is 7. The van der Waals surface area contributed by atoms with E-state index in [1.807, 2.05) is 0 Å². The van der Waals surface area contributed by atoms with E-state index in [9.17, 15) is 24.5 Å². The summed E-state index contributed by atoms with van der Waals surface area (Å²) in [5.41, 5.74) is 0. The van der Waals surface area contributed by atoms with Gasteiger partial charge in [0.2, 0.25) is 5.91 Å². The summed E-state index contributed by atoms with van der Waals surface area (Å²) in [7, 11) is 0. The Morgan fingerprint density at radius 3 is 2.58 bits per heavy atom. The topological polar surface area (TPSA) is 127 Å². The van der Waals surface area contributed by atoms with E-state index in [-0.39, 0.29) is 18.6 Å². The molecule has 0 radical (unpaired) electrons. The molecule has 136 valence electrons. The van der Waals surface area contributed by atoms with Crippen LogP contribution in [0.5, 0.6) is 0 Å². The first kappa shape index (κ1) is 20.2. The quantitative estimate of drug-likeness (QED) is 0.355. The highest BCUT2D eigenvalue weighted by atomic mass is 32.1. The minimum absolute atomic E-state index is 0.0108. The fourth-order valence-electron chi connectivity index (χ4n) is 2.66. The monoisotopic (exact) mass is 362 g/mol. The van der Waals surface area contributed by atoms with E-state index in [2.05, 4.69) is 17.5 Å². The normalized spacial score (nSPS) is 21.0. The van der Waals surface area contributed by atoms with Crippen molar-refractivity contribution in [3.05, 3.63) is 10.1 Å². The van der Waals surface area contributed by atoms with Crippen molar-refractivity contribution in [2.75, 3.05) is 6.54 Å². The molecule has 1 rings (SSSR count). The molecule has 0 aromatic heterocycles. The van der Waals surface area contributed by atoms with Gasteiger partial charge in [0.05, 0.1) is 11.2 Å². The molecule has 0 spiro atoms. The van der Waals surface area contributed by atoms with E-state index in [0.29, 0.717) is 19.4 Å². The van der Waals surface area contributed by atoms with Crippen molar-refractivity contribution in [1.29, 1.82) is 0 Å². The van der Waals surface area contributed by atoms with Crippen LogP contribution in [-0.4, -0.2) is 56.7 Å². The van der Waals surface area contributed by atoms with E-state index in [0.717, 1.165) is 0 Å². The summed E-state index contributed by atoms with van der Waals surface area (Å²) >= 11 is 4.19. The van der Waals surface area contributed by atoms with Gasteiger partial charge in [-0.25, -0.2) is 4.79 Å². The molecule has 0 aliphatic carbocycles. The van der Waals surface area contributed by atoms with Gasteiger partial charge in [0, 0.05) is 13.0 Å². The molecule has 0 bridgehead atoms. The Balaban J connectivity index is 2.57. The number of rotatable bonds is 9. The Morgan fingerprint density at radius 1 is 1.42 bits per heavy atom. The van der Waals surface area contributed by atoms with Gasteiger partial charge in [-0.15, -0.1) is 10.1 Å². The van der Waals surface area contributed by atoms with Crippen LogP contribution in [0, 0.1) is 16.0 Å². The van der Waals surface area contributed by atoms with Gasteiger partial charge in [0.15, 0.2) is 0 Å². The minimum atomic E-state index is -1.05. The average Bonchev–Trinajstić information content (AvgIpc) is 2.99. The molecule has 1 aliphatic heterocycles. The van der Waals surface area contributed by atoms with Gasteiger partial charge in [0.25, 0.3) is 5.09 Å². The van der Waals surface area contributed by atoms with E-state index in [4.69, 9.17) is 5.11 Å². The number of carbonyl (C=O) groups is 3. The standard InChI is InChI=1S/C14H22N2O7S/c1-8(23-16(21)22)5-6-11(17)12(24)9(2)13(18)15-7-3-4-10(15)14(19)20/h8-10,12,24H,3-7H2,1-2H3,(H,19,20)/t8?,9-,10+,12?/m1/s1. The molecule has 1 saturated heterocycles. The van der Waals surface area contributed by atoms with Crippen molar-refractivity contribution in [1.82, 2.24) is 4.90 Å². The molecular weight excluding hydrogens is 340 g/mol. The summed E-state index contributed by atoms with van der Waals surface area (Å²) in [6, 6.07) is -0.857. The van der Waals surface area contributed by atoms with Crippen LogP contribution in [0.1, 0.15) is 39.5 Å². The molecule has 10 heteroatoms. The fourth-order valence-corrected chi connectivity index (χ4v) is 2.91. The van der Waals surface area contributed by atoms with Crippen LogP contribution in [-0.2, 0) is 19.2 Å². The Bertz CT molecular complexity index is 513. The number of aliphatic carboxylic acids is 1. The number of thiol groups is 1. The van der Waals surface area contributed by atoms with Crippen molar-refractivity contribution >= 4 is 30.3 Å². The van der Waals surface area contributed by atoms with E-state index in [1.54, 1.807) is 0 Å². The van der Waals surface area contributed by atoms with Crippen LogP contribution in [0.3, 0.4) is 0 Å². The van der Waals surface area contributed by atoms with Gasteiger partial charge in [-0.2, -0.15) is 12.6 Å². The van der Waals surface area contributed by atoms with Crippen LogP contribution >= 0.6 is 12.6 Å². The molecule has 0 aromatic rings. The highest BCUT2D eigenvalue weighted by molar-refractivity contribution is 7.81. The minimum Gasteiger partial charge on any atom is -0.480 e. The van der Waals surface area contributed by atoms with Gasteiger partial charge in [0.1, 0.15) is 17.9 Å². The van der Waals surface area contributed by atoms with Gasteiger partial charge >= 0.3 is 5.97 Å². The van der Waals surface area contributed by atoms with Crippen molar-refractivity contribution in [2.45, 2.75) is 56.9 Å². The van der Waals surface area contributed by atoms with E-state index in [1.165, 1.54) is 18.7 Å². The first-order chi connectivity index (χ1) is 11.1. The molecule has 1 fully saturated rings. The number of Topliss-reactive ketones (excluding diaryl/α,β-unsaturated/α-hetero) is 1. The lowest BCUT2D eigenvalue weighted by molar-refractivity contribution is -0.767. The number of amides is 1. The largest absolute Gasteiger partial charge is 0.480 e. The molecule has 2 unspecified atom stereocenters. The molecule has 1 aliphatic rings. The predicted molar refractivity (Wildman–Crippen MR) is 86.1 cm³/mol. The maximum atomic E-state index is 12.4. The number of likely N-dealkylation sites (tertiary alicyclic amines) is 1. The second-order valence-electron chi connectivity index (χ2n) is 5.91. The maximum Gasteiger partial charge on any atom is 0.326 e. The summed E-state index contributed by atoms with van der Waals surface area (Å²) in [6.45, 7) is 3.36. The highest BCUT2D eigenvalue weighted by Gasteiger charge is 2.38.